The summed E-state index contributed by atoms with van der Waals surface area (Å²) in [5.74, 6) is 0.169. The maximum Gasteiger partial charge on any atom is 0.227 e. The van der Waals surface area contributed by atoms with Gasteiger partial charge in [-0.25, -0.2) is 4.98 Å². The molecule has 14 heavy (non-hydrogen) atoms. The number of hydrogen-bond acceptors (Lipinski definition) is 4. The Morgan fingerprint density at radius 2 is 2.43 bits per heavy atom. The molecule has 0 unspecified atom stereocenters. The minimum absolute atomic E-state index is 0.177. The zero-order valence-electron chi connectivity index (χ0n) is 7.66. The molecule has 0 aliphatic heterocycles. The van der Waals surface area contributed by atoms with E-state index in [0.717, 1.165) is 0 Å². The molecule has 0 fully saturated rings. The van der Waals surface area contributed by atoms with E-state index in [-0.39, 0.29) is 17.5 Å². The van der Waals surface area contributed by atoms with Gasteiger partial charge in [0.05, 0.1) is 25.4 Å². The zero-order chi connectivity index (χ0) is 10.4. The predicted octanol–water partition coefficient (Wildman–Crippen LogP) is 1.10. The summed E-state index contributed by atoms with van der Waals surface area (Å²) in [5, 5.41) is 2.79. The van der Waals surface area contributed by atoms with Gasteiger partial charge in [0, 0.05) is 7.11 Å². The molecule has 0 aliphatic carbocycles. The van der Waals surface area contributed by atoms with Crippen LogP contribution in [0.4, 0.5) is 5.82 Å². The fraction of sp³-hybridized carbons (Fsp3) is 0.375. The average Bonchev–Trinajstić information content (AvgIpc) is 2.15. The molecular formula is C8H10ClN3O2. The van der Waals surface area contributed by atoms with E-state index in [9.17, 15) is 4.79 Å². The van der Waals surface area contributed by atoms with E-state index >= 15 is 0 Å². The van der Waals surface area contributed by atoms with Gasteiger partial charge in [0.25, 0.3) is 0 Å². The zero-order valence-corrected chi connectivity index (χ0v) is 8.41. The van der Waals surface area contributed by atoms with E-state index in [1.807, 2.05) is 0 Å². The van der Waals surface area contributed by atoms with Gasteiger partial charge in [-0.15, -0.1) is 0 Å². The summed E-state index contributed by atoms with van der Waals surface area (Å²) < 4.78 is 4.75. The maximum absolute atomic E-state index is 11.2. The smallest absolute Gasteiger partial charge is 0.227 e. The number of rotatable bonds is 4. The van der Waals surface area contributed by atoms with E-state index in [0.29, 0.717) is 12.4 Å². The molecule has 5 nitrogen and oxygen atoms in total. The van der Waals surface area contributed by atoms with Gasteiger partial charge in [-0.1, -0.05) is 11.6 Å². The van der Waals surface area contributed by atoms with Crippen molar-refractivity contribution in [3.8, 4) is 0 Å². The Bertz CT molecular complexity index is 319. The second-order valence-corrected chi connectivity index (χ2v) is 2.91. The van der Waals surface area contributed by atoms with Crippen molar-refractivity contribution in [1.82, 2.24) is 9.97 Å². The molecule has 0 saturated heterocycles. The van der Waals surface area contributed by atoms with Crippen molar-refractivity contribution >= 4 is 23.3 Å². The standard InChI is InChI=1S/C8H10ClN3O2/c1-14-3-2-8(13)12-7-5-10-4-6(9)11-7/h4-5H,2-3H2,1H3,(H,11,12,13). The van der Waals surface area contributed by atoms with Crippen molar-refractivity contribution in [3.05, 3.63) is 17.5 Å². The number of ether oxygens (including phenoxy) is 1. The molecule has 1 N–H and O–H groups in total. The first-order valence-electron chi connectivity index (χ1n) is 3.98. The topological polar surface area (TPSA) is 64.1 Å². The van der Waals surface area contributed by atoms with E-state index < -0.39 is 0 Å². The minimum Gasteiger partial charge on any atom is -0.384 e. The van der Waals surface area contributed by atoms with Crippen molar-refractivity contribution < 1.29 is 9.53 Å². The lowest BCUT2D eigenvalue weighted by Crippen LogP contribution is -2.14. The third kappa shape index (κ3) is 3.68. The molecular weight excluding hydrogens is 206 g/mol. The number of anilines is 1. The molecule has 0 radical (unpaired) electrons. The van der Waals surface area contributed by atoms with E-state index in [1.165, 1.54) is 19.5 Å². The molecule has 1 rings (SSSR count). The molecule has 0 saturated carbocycles. The quantitative estimate of drug-likeness (QED) is 0.817. The molecule has 0 aliphatic rings. The first-order valence-corrected chi connectivity index (χ1v) is 4.36. The highest BCUT2D eigenvalue weighted by Crippen LogP contribution is 2.06. The summed E-state index contributed by atoms with van der Waals surface area (Å²) in [7, 11) is 1.53. The predicted molar refractivity (Wildman–Crippen MR) is 52.2 cm³/mol. The number of halogens is 1. The number of carbonyl (C=O) groups excluding carboxylic acids is 1. The number of aromatic nitrogens is 2. The molecule has 0 spiro atoms. The fourth-order valence-corrected chi connectivity index (χ4v) is 0.950. The van der Waals surface area contributed by atoms with E-state index in [1.54, 1.807) is 0 Å². The van der Waals surface area contributed by atoms with Gasteiger partial charge < -0.3 is 10.1 Å². The highest BCUT2D eigenvalue weighted by atomic mass is 35.5. The van der Waals surface area contributed by atoms with Crippen molar-refractivity contribution in [1.29, 1.82) is 0 Å². The molecule has 0 bridgehead atoms. The van der Waals surface area contributed by atoms with E-state index in [2.05, 4.69) is 15.3 Å². The third-order valence-corrected chi connectivity index (χ3v) is 1.59. The van der Waals surface area contributed by atoms with E-state index in [4.69, 9.17) is 16.3 Å². The molecule has 1 aromatic heterocycles. The van der Waals surface area contributed by atoms with Crippen LogP contribution in [0, 0.1) is 0 Å². The second kappa shape index (κ2) is 5.51. The second-order valence-electron chi connectivity index (χ2n) is 2.52. The number of methoxy groups -OCH3 is 1. The van der Waals surface area contributed by atoms with Crippen LogP contribution in [0.3, 0.4) is 0 Å². The van der Waals surface area contributed by atoms with Crippen molar-refractivity contribution in [2.45, 2.75) is 6.42 Å². The van der Waals surface area contributed by atoms with Gasteiger partial charge in [-0.2, -0.15) is 0 Å². The lowest BCUT2D eigenvalue weighted by atomic mass is 10.4. The van der Waals surface area contributed by atoms with Crippen molar-refractivity contribution in [2.24, 2.45) is 0 Å². The Morgan fingerprint density at radius 3 is 3.07 bits per heavy atom. The first kappa shape index (κ1) is 10.9. The third-order valence-electron chi connectivity index (χ3n) is 1.41. The first-order chi connectivity index (χ1) is 6.72. The highest BCUT2D eigenvalue weighted by molar-refractivity contribution is 6.29. The van der Waals surface area contributed by atoms with Gasteiger partial charge in [-0.05, 0) is 0 Å². The number of hydrogen-bond donors (Lipinski definition) is 1. The Balaban J connectivity index is 2.47. The van der Waals surface area contributed by atoms with Crippen molar-refractivity contribution in [2.75, 3.05) is 19.0 Å². The van der Waals surface area contributed by atoms with Crippen LogP contribution in [0.5, 0.6) is 0 Å². The molecule has 1 aromatic rings. The Kier molecular flexibility index (Phi) is 4.28. The number of carbonyl (C=O) groups is 1. The molecule has 0 atom stereocenters. The van der Waals surface area contributed by atoms with Crippen LogP contribution in [0.2, 0.25) is 5.15 Å². The largest absolute Gasteiger partial charge is 0.384 e. The summed E-state index contributed by atoms with van der Waals surface area (Å²) >= 11 is 5.58. The van der Waals surface area contributed by atoms with Crippen LogP contribution in [0.15, 0.2) is 12.4 Å². The molecule has 1 amide bonds. The van der Waals surface area contributed by atoms with Gasteiger partial charge in [0.2, 0.25) is 5.91 Å². The van der Waals surface area contributed by atoms with Crippen molar-refractivity contribution in [3.63, 3.8) is 0 Å². The number of nitrogens with one attached hydrogen (secondary N) is 1. The Morgan fingerprint density at radius 1 is 1.64 bits per heavy atom. The molecule has 0 aromatic carbocycles. The SMILES string of the molecule is COCCC(=O)Nc1cncc(Cl)n1. The van der Waals surface area contributed by atoms with Crippen LogP contribution in [0.1, 0.15) is 6.42 Å². The van der Waals surface area contributed by atoms with Gasteiger partial charge in [0.15, 0.2) is 5.82 Å². The average molecular weight is 216 g/mol. The van der Waals surface area contributed by atoms with Gasteiger partial charge in [0.1, 0.15) is 5.15 Å². The monoisotopic (exact) mass is 215 g/mol. The van der Waals surface area contributed by atoms with Crippen LogP contribution < -0.4 is 5.32 Å². The summed E-state index contributed by atoms with van der Waals surface area (Å²) in [6.07, 6.45) is 3.10. The lowest BCUT2D eigenvalue weighted by Gasteiger charge is -2.02. The lowest BCUT2D eigenvalue weighted by molar-refractivity contribution is -0.117. The van der Waals surface area contributed by atoms with Crippen LogP contribution in [-0.4, -0.2) is 29.6 Å². The van der Waals surface area contributed by atoms with Gasteiger partial charge >= 0.3 is 0 Å². The highest BCUT2D eigenvalue weighted by Gasteiger charge is 2.03. The van der Waals surface area contributed by atoms with Crippen LogP contribution in [-0.2, 0) is 9.53 Å². The summed E-state index contributed by atoms with van der Waals surface area (Å²) in [6, 6.07) is 0. The summed E-state index contributed by atoms with van der Waals surface area (Å²) in [6.45, 7) is 0.375. The summed E-state index contributed by atoms with van der Waals surface area (Å²) in [4.78, 5) is 18.8. The van der Waals surface area contributed by atoms with Crippen LogP contribution >= 0.6 is 11.6 Å². The Hall–Kier alpha value is -1.20. The fourth-order valence-electron chi connectivity index (χ4n) is 0.803. The number of amides is 1. The molecule has 1 heterocycles. The summed E-state index contributed by atoms with van der Waals surface area (Å²) in [5.41, 5.74) is 0. The molecule has 76 valence electrons. The Labute approximate surface area is 86.5 Å². The molecule has 6 heteroatoms. The number of nitrogens with zero attached hydrogens (tertiary/aromatic N) is 2. The minimum atomic E-state index is -0.177. The van der Waals surface area contributed by atoms with Gasteiger partial charge in [-0.3, -0.25) is 9.78 Å². The maximum atomic E-state index is 11.2. The van der Waals surface area contributed by atoms with Crippen LogP contribution in [0.25, 0.3) is 0 Å². The normalized spacial score (nSPS) is 9.86.